The number of nitrogens with zero attached hydrogens (tertiary/aromatic N) is 1. The van der Waals surface area contributed by atoms with Gasteiger partial charge in [0.1, 0.15) is 0 Å². The van der Waals surface area contributed by atoms with Crippen LogP contribution in [0, 0.1) is 0 Å². The lowest BCUT2D eigenvalue weighted by atomic mass is 10.1. The van der Waals surface area contributed by atoms with Crippen LogP contribution in [0.5, 0.6) is 0 Å². The van der Waals surface area contributed by atoms with Gasteiger partial charge in [0.2, 0.25) is 5.91 Å². The quantitative estimate of drug-likeness (QED) is 0.437. The normalized spacial score (nSPS) is 11.0. The Morgan fingerprint density at radius 3 is 2.73 bits per heavy atom. The molecule has 0 saturated carbocycles. The molecular formula is C19H13BrCl2N2OS. The van der Waals surface area contributed by atoms with E-state index in [0.29, 0.717) is 20.7 Å². The minimum absolute atomic E-state index is 0.273. The molecule has 1 aromatic heterocycles. The number of benzene rings is 2. The Hall–Kier alpha value is -1.66. The lowest BCUT2D eigenvalue weighted by Gasteiger charge is -2.00. The fourth-order valence-electron chi connectivity index (χ4n) is 2.21. The Morgan fingerprint density at radius 1 is 1.19 bits per heavy atom. The fraction of sp³-hybridized carbons (Fsp3) is 0.0526. The largest absolute Gasteiger partial charge is 0.298 e. The summed E-state index contributed by atoms with van der Waals surface area (Å²) in [4.78, 5) is 17.4. The average Bonchev–Trinajstić information content (AvgIpc) is 3.04. The minimum atomic E-state index is -0.273. The van der Waals surface area contributed by atoms with Gasteiger partial charge in [-0.05, 0) is 47.5 Å². The van der Waals surface area contributed by atoms with Crippen molar-refractivity contribution in [1.82, 2.24) is 4.98 Å². The highest BCUT2D eigenvalue weighted by molar-refractivity contribution is 9.10. The molecule has 1 amide bonds. The molecule has 0 spiro atoms. The average molecular weight is 468 g/mol. The molecule has 0 aliphatic rings. The molecule has 0 radical (unpaired) electrons. The Bertz CT molecular complexity index is 954. The molecule has 3 aromatic rings. The van der Waals surface area contributed by atoms with Gasteiger partial charge in [0.05, 0.1) is 0 Å². The number of hydrogen-bond donors (Lipinski definition) is 1. The molecule has 0 unspecified atom stereocenters. The second-order valence-electron chi connectivity index (χ2n) is 5.42. The number of carbonyl (C=O) groups is 1. The molecule has 0 bridgehead atoms. The van der Waals surface area contributed by atoms with Gasteiger partial charge in [0, 0.05) is 38.1 Å². The first-order valence-electron chi connectivity index (χ1n) is 7.63. The first-order valence-corrected chi connectivity index (χ1v) is 9.99. The number of rotatable bonds is 5. The Morgan fingerprint density at radius 2 is 1.96 bits per heavy atom. The molecule has 7 heteroatoms. The smallest absolute Gasteiger partial charge is 0.250 e. The van der Waals surface area contributed by atoms with E-state index >= 15 is 0 Å². The Labute approximate surface area is 173 Å². The van der Waals surface area contributed by atoms with Crippen LogP contribution >= 0.6 is 50.5 Å². The summed E-state index contributed by atoms with van der Waals surface area (Å²) >= 11 is 16.9. The van der Waals surface area contributed by atoms with E-state index in [1.165, 1.54) is 23.0 Å². The summed E-state index contributed by atoms with van der Waals surface area (Å²) in [7, 11) is 0. The van der Waals surface area contributed by atoms with Gasteiger partial charge in [-0.25, -0.2) is 4.98 Å². The molecular weight excluding hydrogens is 455 g/mol. The first-order chi connectivity index (χ1) is 12.5. The van der Waals surface area contributed by atoms with Gasteiger partial charge >= 0.3 is 0 Å². The lowest BCUT2D eigenvalue weighted by molar-refractivity contribution is -0.111. The van der Waals surface area contributed by atoms with Crippen LogP contribution in [0.1, 0.15) is 16.0 Å². The number of anilines is 1. The predicted octanol–water partition coefficient (Wildman–Crippen LogP) is 6.46. The summed E-state index contributed by atoms with van der Waals surface area (Å²) in [5.41, 5.74) is 1.87. The zero-order valence-electron chi connectivity index (χ0n) is 13.4. The molecule has 1 heterocycles. The maximum absolute atomic E-state index is 12.1. The summed E-state index contributed by atoms with van der Waals surface area (Å²) < 4.78 is 1.05. The van der Waals surface area contributed by atoms with E-state index < -0.39 is 0 Å². The molecule has 132 valence electrons. The maximum atomic E-state index is 12.1. The molecule has 0 aliphatic heterocycles. The molecule has 3 rings (SSSR count). The minimum Gasteiger partial charge on any atom is -0.298 e. The van der Waals surface area contributed by atoms with Crippen LogP contribution in [0.3, 0.4) is 0 Å². The van der Waals surface area contributed by atoms with Gasteiger partial charge in [0.15, 0.2) is 5.13 Å². The van der Waals surface area contributed by atoms with E-state index in [0.717, 1.165) is 15.8 Å². The molecule has 0 atom stereocenters. The third-order valence-corrected chi connectivity index (χ3v) is 5.47. The number of aromatic nitrogens is 1. The molecule has 0 fully saturated rings. The lowest BCUT2D eigenvalue weighted by Crippen LogP contribution is -2.07. The topological polar surface area (TPSA) is 42.0 Å². The maximum Gasteiger partial charge on any atom is 0.250 e. The van der Waals surface area contributed by atoms with Crippen LogP contribution in [0.25, 0.3) is 6.08 Å². The predicted molar refractivity (Wildman–Crippen MR) is 113 cm³/mol. The highest BCUT2D eigenvalue weighted by Gasteiger charge is 2.06. The van der Waals surface area contributed by atoms with Gasteiger partial charge in [-0.2, -0.15) is 0 Å². The molecule has 2 aromatic carbocycles. The van der Waals surface area contributed by atoms with E-state index in [2.05, 4.69) is 38.4 Å². The van der Waals surface area contributed by atoms with E-state index in [-0.39, 0.29) is 5.91 Å². The van der Waals surface area contributed by atoms with Crippen molar-refractivity contribution >= 4 is 67.6 Å². The monoisotopic (exact) mass is 466 g/mol. The Balaban J connectivity index is 1.61. The standard InChI is InChI=1S/C19H13BrCl2N2OS/c20-14-4-1-12(2-5-14)9-16-11-23-19(26-16)24-18(25)8-3-13-10-15(21)6-7-17(13)22/h1-8,10-11H,9H2,(H,23,24,25). The van der Waals surface area contributed by atoms with E-state index in [9.17, 15) is 4.79 Å². The summed E-state index contributed by atoms with van der Waals surface area (Å²) in [5.74, 6) is -0.273. The van der Waals surface area contributed by atoms with Gasteiger partial charge in [-0.15, -0.1) is 11.3 Å². The molecule has 0 aliphatic carbocycles. The van der Waals surface area contributed by atoms with Crippen molar-refractivity contribution in [2.24, 2.45) is 0 Å². The number of carbonyl (C=O) groups excluding carboxylic acids is 1. The highest BCUT2D eigenvalue weighted by Crippen LogP contribution is 2.23. The van der Waals surface area contributed by atoms with Crippen molar-refractivity contribution in [3.63, 3.8) is 0 Å². The van der Waals surface area contributed by atoms with Crippen molar-refractivity contribution in [1.29, 1.82) is 0 Å². The van der Waals surface area contributed by atoms with E-state index in [4.69, 9.17) is 23.2 Å². The molecule has 1 N–H and O–H groups in total. The van der Waals surface area contributed by atoms with Crippen LogP contribution in [-0.4, -0.2) is 10.9 Å². The van der Waals surface area contributed by atoms with Crippen LogP contribution in [0.4, 0.5) is 5.13 Å². The first kappa shape index (κ1) is 19.1. The number of amides is 1. The van der Waals surface area contributed by atoms with Crippen molar-refractivity contribution in [2.45, 2.75) is 6.42 Å². The van der Waals surface area contributed by atoms with Gasteiger partial charge in [0.25, 0.3) is 0 Å². The van der Waals surface area contributed by atoms with Crippen LogP contribution in [-0.2, 0) is 11.2 Å². The number of nitrogens with one attached hydrogen (secondary N) is 1. The zero-order valence-corrected chi connectivity index (χ0v) is 17.3. The number of thiazole rings is 1. The molecule has 26 heavy (non-hydrogen) atoms. The van der Waals surface area contributed by atoms with Gasteiger partial charge in [-0.1, -0.05) is 51.3 Å². The van der Waals surface area contributed by atoms with Crippen LogP contribution in [0.15, 0.2) is 59.2 Å². The zero-order chi connectivity index (χ0) is 18.5. The summed E-state index contributed by atoms with van der Waals surface area (Å²) in [6, 6.07) is 13.2. The van der Waals surface area contributed by atoms with Crippen molar-refractivity contribution in [2.75, 3.05) is 5.32 Å². The van der Waals surface area contributed by atoms with Crippen LogP contribution in [0.2, 0.25) is 10.0 Å². The van der Waals surface area contributed by atoms with Crippen molar-refractivity contribution in [3.05, 3.63) is 85.3 Å². The summed E-state index contributed by atoms with van der Waals surface area (Å²) in [5, 5.41) is 4.41. The van der Waals surface area contributed by atoms with Crippen molar-refractivity contribution in [3.8, 4) is 0 Å². The van der Waals surface area contributed by atoms with Crippen LogP contribution < -0.4 is 5.32 Å². The third-order valence-electron chi connectivity index (χ3n) is 3.45. The highest BCUT2D eigenvalue weighted by atomic mass is 79.9. The third kappa shape index (κ3) is 5.42. The Kier molecular flexibility index (Phi) is 6.48. The summed E-state index contributed by atoms with van der Waals surface area (Å²) in [6.45, 7) is 0. The van der Waals surface area contributed by atoms with Crippen molar-refractivity contribution < 1.29 is 4.79 Å². The van der Waals surface area contributed by atoms with Gasteiger partial charge < -0.3 is 0 Å². The molecule has 3 nitrogen and oxygen atoms in total. The van der Waals surface area contributed by atoms with E-state index in [1.54, 1.807) is 30.5 Å². The second-order valence-corrected chi connectivity index (χ2v) is 8.30. The number of hydrogen-bond acceptors (Lipinski definition) is 3. The fourth-order valence-corrected chi connectivity index (χ4v) is 3.68. The SMILES string of the molecule is O=C(C=Cc1cc(Cl)ccc1Cl)Nc1ncc(Cc2ccc(Br)cc2)s1. The van der Waals surface area contributed by atoms with Gasteiger partial charge in [-0.3, -0.25) is 10.1 Å². The second kappa shape index (κ2) is 8.82. The van der Waals surface area contributed by atoms with E-state index in [1.807, 2.05) is 12.1 Å². The number of halogens is 3. The molecule has 0 saturated heterocycles. The summed E-state index contributed by atoms with van der Waals surface area (Å²) in [6.07, 6.45) is 5.59.